The maximum atomic E-state index is 12.8. The third kappa shape index (κ3) is 2.91. The number of aliphatic hydroxyl groups excluding tert-OH is 1. The molecule has 82 valence electrons. The average molecular weight is 233 g/mol. The van der Waals surface area contributed by atoms with E-state index in [-0.39, 0.29) is 18.1 Å². The van der Waals surface area contributed by atoms with Crippen LogP contribution in [0.5, 0.6) is 0 Å². The van der Waals surface area contributed by atoms with Gasteiger partial charge in [-0.2, -0.15) is 0 Å². The first-order valence-corrected chi connectivity index (χ1v) is 4.72. The van der Waals surface area contributed by atoms with Crippen LogP contribution in [0.4, 0.5) is 4.39 Å². The van der Waals surface area contributed by atoms with Gasteiger partial charge in [0, 0.05) is 6.61 Å². The molecule has 0 aliphatic carbocycles. The molecule has 0 saturated carbocycles. The van der Waals surface area contributed by atoms with Crippen LogP contribution in [-0.2, 0) is 4.79 Å². The molecule has 1 unspecified atom stereocenters. The lowest BCUT2D eigenvalue weighted by Crippen LogP contribution is -2.13. The highest BCUT2D eigenvalue weighted by molar-refractivity contribution is 6.30. The van der Waals surface area contributed by atoms with Gasteiger partial charge in [0.1, 0.15) is 5.82 Å². The van der Waals surface area contributed by atoms with Crippen LogP contribution in [0.3, 0.4) is 0 Å². The summed E-state index contributed by atoms with van der Waals surface area (Å²) in [5.74, 6) is -2.51. The summed E-state index contributed by atoms with van der Waals surface area (Å²) in [7, 11) is 0. The minimum Gasteiger partial charge on any atom is -0.481 e. The minimum absolute atomic E-state index is 0.0806. The molecule has 0 aliphatic heterocycles. The van der Waals surface area contributed by atoms with Gasteiger partial charge in [-0.05, 0) is 24.1 Å². The lowest BCUT2D eigenvalue weighted by molar-refractivity contribution is -0.139. The van der Waals surface area contributed by atoms with Gasteiger partial charge in [-0.1, -0.05) is 17.7 Å². The number of carboxylic acids is 1. The molecule has 0 saturated heterocycles. The van der Waals surface area contributed by atoms with Crippen LogP contribution >= 0.6 is 11.6 Å². The van der Waals surface area contributed by atoms with Gasteiger partial charge in [0.15, 0.2) is 0 Å². The number of rotatable bonds is 4. The molecule has 3 nitrogen and oxygen atoms in total. The summed E-state index contributed by atoms with van der Waals surface area (Å²) >= 11 is 5.53. The average Bonchev–Trinajstić information content (AvgIpc) is 2.18. The van der Waals surface area contributed by atoms with Crippen molar-refractivity contribution < 1.29 is 19.4 Å². The predicted octanol–water partition coefficient (Wildman–Crippen LogP) is 2.03. The van der Waals surface area contributed by atoms with Gasteiger partial charge in [-0.3, -0.25) is 4.79 Å². The Balaban J connectivity index is 3.01. The number of hydrogen-bond acceptors (Lipinski definition) is 2. The van der Waals surface area contributed by atoms with E-state index in [2.05, 4.69) is 0 Å². The second-order valence-electron chi connectivity index (χ2n) is 3.08. The van der Waals surface area contributed by atoms with Crippen LogP contribution in [-0.4, -0.2) is 22.8 Å². The second-order valence-corrected chi connectivity index (χ2v) is 3.48. The molecule has 0 aromatic heterocycles. The Morgan fingerprint density at radius 1 is 1.53 bits per heavy atom. The molecule has 0 amide bonds. The van der Waals surface area contributed by atoms with Crippen molar-refractivity contribution in [2.75, 3.05) is 6.61 Å². The zero-order valence-corrected chi connectivity index (χ0v) is 8.54. The number of benzene rings is 1. The van der Waals surface area contributed by atoms with Gasteiger partial charge in [-0.15, -0.1) is 0 Å². The molecule has 0 bridgehead atoms. The molecule has 1 rings (SSSR count). The molecule has 1 aromatic carbocycles. The Labute approximate surface area is 91.1 Å². The molecule has 5 heteroatoms. The smallest absolute Gasteiger partial charge is 0.311 e. The molecular weight excluding hydrogens is 223 g/mol. The SMILES string of the molecule is O=C(O)C(CCO)c1ccc(F)c(Cl)c1. The largest absolute Gasteiger partial charge is 0.481 e. The quantitative estimate of drug-likeness (QED) is 0.835. The molecule has 0 spiro atoms. The summed E-state index contributed by atoms with van der Waals surface area (Å²) < 4.78 is 12.8. The molecule has 0 heterocycles. The van der Waals surface area contributed by atoms with E-state index < -0.39 is 17.7 Å². The molecule has 15 heavy (non-hydrogen) atoms. The van der Waals surface area contributed by atoms with Crippen molar-refractivity contribution in [2.45, 2.75) is 12.3 Å². The lowest BCUT2D eigenvalue weighted by Gasteiger charge is -2.11. The van der Waals surface area contributed by atoms with Crippen molar-refractivity contribution in [3.63, 3.8) is 0 Å². The number of halogens is 2. The molecule has 1 aromatic rings. The van der Waals surface area contributed by atoms with E-state index in [1.54, 1.807) is 0 Å². The third-order valence-corrected chi connectivity index (χ3v) is 2.35. The lowest BCUT2D eigenvalue weighted by atomic mass is 9.96. The van der Waals surface area contributed by atoms with E-state index in [0.717, 1.165) is 6.07 Å². The Morgan fingerprint density at radius 2 is 2.20 bits per heavy atom. The van der Waals surface area contributed by atoms with Crippen LogP contribution in [0.1, 0.15) is 17.9 Å². The first-order valence-electron chi connectivity index (χ1n) is 4.35. The second kappa shape index (κ2) is 5.09. The number of aliphatic hydroxyl groups is 1. The summed E-state index contributed by atoms with van der Waals surface area (Å²) in [6.45, 7) is -0.244. The monoisotopic (exact) mass is 232 g/mol. The fraction of sp³-hybridized carbons (Fsp3) is 0.300. The van der Waals surface area contributed by atoms with Crippen molar-refractivity contribution in [2.24, 2.45) is 0 Å². The molecular formula is C10H10ClFO3. The van der Waals surface area contributed by atoms with E-state index in [1.165, 1.54) is 12.1 Å². The first-order chi connectivity index (χ1) is 7.06. The zero-order chi connectivity index (χ0) is 11.4. The maximum Gasteiger partial charge on any atom is 0.311 e. The van der Waals surface area contributed by atoms with E-state index in [9.17, 15) is 9.18 Å². The van der Waals surface area contributed by atoms with Crippen LogP contribution in [0, 0.1) is 5.82 Å². The molecule has 0 fully saturated rings. The van der Waals surface area contributed by atoms with Gasteiger partial charge in [0.2, 0.25) is 0 Å². The molecule has 0 aliphatic rings. The summed E-state index contributed by atoms with van der Waals surface area (Å²) in [6.07, 6.45) is 0.0806. The van der Waals surface area contributed by atoms with E-state index in [1.807, 2.05) is 0 Å². The molecule has 0 radical (unpaired) electrons. The summed E-state index contributed by atoms with van der Waals surface area (Å²) in [4.78, 5) is 10.8. The third-order valence-electron chi connectivity index (χ3n) is 2.06. The fourth-order valence-corrected chi connectivity index (χ4v) is 1.48. The summed E-state index contributed by atoms with van der Waals surface area (Å²) in [5, 5.41) is 17.5. The van der Waals surface area contributed by atoms with E-state index in [0.29, 0.717) is 5.56 Å². The molecule has 1 atom stereocenters. The first kappa shape index (κ1) is 11.9. The van der Waals surface area contributed by atoms with Crippen LogP contribution < -0.4 is 0 Å². The normalized spacial score (nSPS) is 12.5. The van der Waals surface area contributed by atoms with Gasteiger partial charge >= 0.3 is 5.97 Å². The van der Waals surface area contributed by atoms with E-state index >= 15 is 0 Å². The van der Waals surface area contributed by atoms with Crippen LogP contribution in [0.2, 0.25) is 5.02 Å². The number of aliphatic carboxylic acids is 1. The topological polar surface area (TPSA) is 57.5 Å². The van der Waals surface area contributed by atoms with Gasteiger partial charge in [0.25, 0.3) is 0 Å². The molecule has 2 N–H and O–H groups in total. The maximum absolute atomic E-state index is 12.8. The van der Waals surface area contributed by atoms with Gasteiger partial charge < -0.3 is 10.2 Å². The number of hydrogen-bond donors (Lipinski definition) is 2. The van der Waals surface area contributed by atoms with Crippen molar-refractivity contribution >= 4 is 17.6 Å². The Morgan fingerprint density at radius 3 is 2.67 bits per heavy atom. The van der Waals surface area contributed by atoms with Gasteiger partial charge in [-0.25, -0.2) is 4.39 Å². The van der Waals surface area contributed by atoms with E-state index in [4.69, 9.17) is 21.8 Å². The highest BCUT2D eigenvalue weighted by Crippen LogP contribution is 2.24. The number of carboxylic acid groups (broad SMARTS) is 1. The van der Waals surface area contributed by atoms with Crippen LogP contribution in [0.15, 0.2) is 18.2 Å². The number of carbonyl (C=O) groups is 1. The van der Waals surface area contributed by atoms with Crippen molar-refractivity contribution in [1.82, 2.24) is 0 Å². The minimum atomic E-state index is -1.06. The highest BCUT2D eigenvalue weighted by atomic mass is 35.5. The van der Waals surface area contributed by atoms with Gasteiger partial charge in [0.05, 0.1) is 10.9 Å². The standard InChI is InChI=1S/C10H10ClFO3/c11-8-5-6(1-2-9(8)12)7(3-4-13)10(14)15/h1-2,5,7,13H,3-4H2,(H,14,15). The fourth-order valence-electron chi connectivity index (χ4n) is 1.29. The van der Waals surface area contributed by atoms with Crippen molar-refractivity contribution in [1.29, 1.82) is 0 Å². The Bertz CT molecular complexity index is 368. The Hall–Kier alpha value is -1.13. The Kier molecular flexibility index (Phi) is 4.05. The summed E-state index contributed by atoms with van der Waals surface area (Å²) in [5.41, 5.74) is 0.392. The van der Waals surface area contributed by atoms with Crippen LogP contribution in [0.25, 0.3) is 0 Å². The van der Waals surface area contributed by atoms with Crippen molar-refractivity contribution in [3.05, 3.63) is 34.6 Å². The van der Waals surface area contributed by atoms with Crippen molar-refractivity contribution in [3.8, 4) is 0 Å². The highest BCUT2D eigenvalue weighted by Gasteiger charge is 2.19. The predicted molar refractivity (Wildman–Crippen MR) is 53.5 cm³/mol. The zero-order valence-electron chi connectivity index (χ0n) is 7.78. The summed E-state index contributed by atoms with van der Waals surface area (Å²) in [6, 6.07) is 3.74.